The number of nitrogens with one attached hydrogen (secondary N) is 3. The number of amides is 1. The van der Waals surface area contributed by atoms with Gasteiger partial charge in [-0.1, -0.05) is 6.92 Å². The van der Waals surface area contributed by atoms with Crippen molar-refractivity contribution >= 4 is 46.7 Å². The Balaban J connectivity index is 0.00000338. The van der Waals surface area contributed by atoms with Crippen LogP contribution >= 0.6 is 24.0 Å². The second kappa shape index (κ2) is 11.0. The Morgan fingerprint density at radius 3 is 2.69 bits per heavy atom. The maximum Gasteiger partial charge on any atom is 0.243 e. The van der Waals surface area contributed by atoms with Gasteiger partial charge in [0.2, 0.25) is 5.91 Å². The van der Waals surface area contributed by atoms with Crippen molar-refractivity contribution in [1.82, 2.24) is 20.5 Å². The fourth-order valence-electron chi connectivity index (χ4n) is 2.39. The molecule has 1 heterocycles. The lowest BCUT2D eigenvalue weighted by molar-refractivity contribution is -0.127. The summed E-state index contributed by atoms with van der Waals surface area (Å²) in [7, 11) is 3.43. The number of likely N-dealkylation sites (N-methyl/N-ethyl adjacent to an activating group) is 1. The molecule has 0 fully saturated rings. The molecule has 0 saturated carbocycles. The molecule has 3 N–H and O–H groups in total. The van der Waals surface area contributed by atoms with E-state index in [1.54, 1.807) is 20.2 Å². The largest absolute Gasteiger partial charge is 0.361 e. The first-order chi connectivity index (χ1) is 12.0. The molecule has 0 aliphatic carbocycles. The number of H-pyrrole nitrogens is 1. The van der Waals surface area contributed by atoms with Crippen LogP contribution in [0.25, 0.3) is 10.9 Å². The third kappa shape index (κ3) is 6.47. The van der Waals surface area contributed by atoms with Crippen LogP contribution < -0.4 is 10.6 Å². The van der Waals surface area contributed by atoms with Crippen molar-refractivity contribution in [2.24, 2.45) is 4.99 Å². The molecule has 0 unspecified atom stereocenters. The molecule has 0 bridgehead atoms. The van der Waals surface area contributed by atoms with E-state index in [1.165, 1.54) is 17.0 Å². The molecule has 0 saturated heterocycles. The number of aromatic nitrogens is 1. The van der Waals surface area contributed by atoms with E-state index in [-0.39, 0.29) is 42.2 Å². The molecule has 8 heteroatoms. The number of guanidine groups is 1. The first kappa shape index (κ1) is 22.2. The smallest absolute Gasteiger partial charge is 0.243 e. The summed E-state index contributed by atoms with van der Waals surface area (Å²) in [5.41, 5.74) is 1.91. The monoisotopic (exact) mass is 475 g/mol. The highest BCUT2D eigenvalue weighted by molar-refractivity contribution is 14.0. The molecular formula is C18H27FIN5O. The number of carbonyl (C=O) groups excluding carboxylic acids is 1. The summed E-state index contributed by atoms with van der Waals surface area (Å²) >= 11 is 0. The van der Waals surface area contributed by atoms with E-state index in [1.807, 2.05) is 6.20 Å². The lowest BCUT2D eigenvalue weighted by Gasteiger charge is -2.13. The average molecular weight is 475 g/mol. The van der Waals surface area contributed by atoms with Gasteiger partial charge in [0.25, 0.3) is 0 Å². The fourth-order valence-corrected chi connectivity index (χ4v) is 2.39. The lowest BCUT2D eigenvalue weighted by atomic mass is 10.1. The van der Waals surface area contributed by atoms with Crippen molar-refractivity contribution in [3.05, 3.63) is 35.8 Å². The van der Waals surface area contributed by atoms with Crippen molar-refractivity contribution in [3.63, 3.8) is 0 Å². The van der Waals surface area contributed by atoms with Gasteiger partial charge in [-0.25, -0.2) is 9.38 Å². The summed E-state index contributed by atoms with van der Waals surface area (Å²) in [6.07, 6.45) is 3.63. The minimum atomic E-state index is -0.247. The summed E-state index contributed by atoms with van der Waals surface area (Å²) in [6.45, 7) is 3.63. The average Bonchev–Trinajstić information content (AvgIpc) is 2.98. The highest BCUT2D eigenvalue weighted by atomic mass is 127. The molecule has 0 aliphatic rings. The van der Waals surface area contributed by atoms with Crippen molar-refractivity contribution < 1.29 is 9.18 Å². The quantitative estimate of drug-likeness (QED) is 0.328. The Hall–Kier alpha value is -1.84. The maximum atomic E-state index is 13.2. The molecule has 2 aromatic rings. The zero-order valence-corrected chi connectivity index (χ0v) is 17.8. The first-order valence-corrected chi connectivity index (χ1v) is 8.49. The van der Waals surface area contributed by atoms with E-state index in [2.05, 4.69) is 27.5 Å². The van der Waals surface area contributed by atoms with Crippen molar-refractivity contribution in [1.29, 1.82) is 0 Å². The SMILES string of the molecule is CCCNC(=NCC(=O)N(C)C)NCCc1c[nH]c2cc(F)ccc12.I. The Labute approximate surface area is 170 Å². The van der Waals surface area contributed by atoms with Crippen LogP contribution in [0.3, 0.4) is 0 Å². The van der Waals surface area contributed by atoms with Crippen LogP contribution in [0.15, 0.2) is 29.4 Å². The highest BCUT2D eigenvalue weighted by Crippen LogP contribution is 2.19. The zero-order chi connectivity index (χ0) is 18.2. The Morgan fingerprint density at radius 2 is 2.00 bits per heavy atom. The van der Waals surface area contributed by atoms with Crippen molar-refractivity contribution in [3.8, 4) is 0 Å². The van der Waals surface area contributed by atoms with Crippen LogP contribution in [0, 0.1) is 5.82 Å². The van der Waals surface area contributed by atoms with E-state index in [0.29, 0.717) is 12.5 Å². The van der Waals surface area contributed by atoms with Crippen LogP contribution in [0.5, 0.6) is 0 Å². The Bertz CT molecular complexity index is 744. The summed E-state index contributed by atoms with van der Waals surface area (Å²) in [5.74, 6) is 0.335. The minimum Gasteiger partial charge on any atom is -0.361 e. The van der Waals surface area contributed by atoms with Gasteiger partial charge in [-0.2, -0.15) is 0 Å². The normalized spacial score (nSPS) is 11.2. The minimum absolute atomic E-state index is 0. The standard InChI is InChI=1S/C18H26FN5O.HI/c1-4-8-20-18(23-12-17(25)24(2)3)21-9-7-13-11-22-16-10-14(19)5-6-15(13)16;/h5-6,10-11,22H,4,7-9,12H2,1-3H3,(H2,20,21,23);1H. The third-order valence-corrected chi connectivity index (χ3v) is 3.83. The Morgan fingerprint density at radius 1 is 1.27 bits per heavy atom. The number of aliphatic imine (C=N–C) groups is 1. The van der Waals surface area contributed by atoms with Crippen LogP contribution in [0.2, 0.25) is 0 Å². The second-order valence-corrected chi connectivity index (χ2v) is 6.06. The number of fused-ring (bicyclic) bond motifs is 1. The van der Waals surface area contributed by atoms with Crippen LogP contribution in [0.1, 0.15) is 18.9 Å². The summed E-state index contributed by atoms with van der Waals surface area (Å²) in [6, 6.07) is 4.75. The zero-order valence-electron chi connectivity index (χ0n) is 15.4. The number of carbonyl (C=O) groups is 1. The topological polar surface area (TPSA) is 72.5 Å². The summed E-state index contributed by atoms with van der Waals surface area (Å²) in [4.78, 5) is 20.6. The molecule has 2 rings (SSSR count). The lowest BCUT2D eigenvalue weighted by Crippen LogP contribution is -2.39. The number of halogens is 2. The predicted octanol–water partition coefficient (Wildman–Crippen LogP) is 2.50. The molecule has 6 nitrogen and oxygen atoms in total. The maximum absolute atomic E-state index is 13.2. The molecule has 1 aromatic heterocycles. The van der Waals surface area contributed by atoms with Gasteiger partial charge in [0.15, 0.2) is 5.96 Å². The molecule has 26 heavy (non-hydrogen) atoms. The van der Waals surface area contributed by atoms with Gasteiger partial charge in [0.1, 0.15) is 12.4 Å². The Kier molecular flexibility index (Phi) is 9.39. The van der Waals surface area contributed by atoms with Crippen LogP contribution in [-0.4, -0.2) is 55.5 Å². The van der Waals surface area contributed by atoms with Crippen LogP contribution in [0.4, 0.5) is 4.39 Å². The molecular weight excluding hydrogens is 448 g/mol. The van der Waals surface area contributed by atoms with Gasteiger partial charge >= 0.3 is 0 Å². The number of rotatable bonds is 7. The highest BCUT2D eigenvalue weighted by Gasteiger charge is 2.06. The molecule has 0 spiro atoms. The molecule has 0 radical (unpaired) electrons. The third-order valence-electron chi connectivity index (χ3n) is 3.83. The molecule has 1 aromatic carbocycles. The van der Waals surface area contributed by atoms with Crippen molar-refractivity contribution in [2.75, 3.05) is 33.7 Å². The molecule has 0 atom stereocenters. The number of hydrogen-bond donors (Lipinski definition) is 3. The van der Waals surface area contributed by atoms with Gasteiger partial charge in [0.05, 0.1) is 0 Å². The van der Waals surface area contributed by atoms with Gasteiger partial charge < -0.3 is 20.5 Å². The van der Waals surface area contributed by atoms with E-state index < -0.39 is 0 Å². The van der Waals surface area contributed by atoms with Gasteiger partial charge in [-0.15, -0.1) is 24.0 Å². The molecule has 1 amide bonds. The first-order valence-electron chi connectivity index (χ1n) is 8.49. The van der Waals surface area contributed by atoms with Gasteiger partial charge in [0, 0.05) is 44.3 Å². The second-order valence-electron chi connectivity index (χ2n) is 6.06. The van der Waals surface area contributed by atoms with Crippen LogP contribution in [-0.2, 0) is 11.2 Å². The van der Waals surface area contributed by atoms with E-state index in [0.717, 1.165) is 35.9 Å². The van der Waals surface area contributed by atoms with Gasteiger partial charge in [-0.3, -0.25) is 4.79 Å². The molecule has 144 valence electrons. The summed E-state index contributed by atoms with van der Waals surface area (Å²) in [5, 5.41) is 7.46. The number of aromatic amines is 1. The van der Waals surface area contributed by atoms with E-state index >= 15 is 0 Å². The number of nitrogens with zero attached hydrogens (tertiary/aromatic N) is 2. The summed E-state index contributed by atoms with van der Waals surface area (Å²) < 4.78 is 13.2. The van der Waals surface area contributed by atoms with Gasteiger partial charge in [-0.05, 0) is 36.6 Å². The van der Waals surface area contributed by atoms with E-state index in [9.17, 15) is 9.18 Å². The fraction of sp³-hybridized carbons (Fsp3) is 0.444. The van der Waals surface area contributed by atoms with Crippen molar-refractivity contribution in [2.45, 2.75) is 19.8 Å². The number of benzene rings is 1. The van der Waals surface area contributed by atoms with E-state index in [4.69, 9.17) is 0 Å². The number of hydrogen-bond acceptors (Lipinski definition) is 2. The predicted molar refractivity (Wildman–Crippen MR) is 115 cm³/mol. The molecule has 0 aliphatic heterocycles.